The van der Waals surface area contributed by atoms with E-state index in [1.54, 1.807) is 48.4 Å². The van der Waals surface area contributed by atoms with Gasteiger partial charge in [0.2, 0.25) is 0 Å². The van der Waals surface area contributed by atoms with Gasteiger partial charge >= 0.3 is 0 Å². The maximum absolute atomic E-state index is 13.1. The number of fused-ring (bicyclic) bond motifs is 1. The van der Waals surface area contributed by atoms with Crippen LogP contribution in [0.3, 0.4) is 0 Å². The number of hydrogen-bond acceptors (Lipinski definition) is 6. The topological polar surface area (TPSA) is 104 Å². The minimum absolute atomic E-state index is 0. The molecular weight excluding hydrogens is 380 g/mol. The lowest BCUT2D eigenvalue weighted by Crippen LogP contribution is -2.16. The number of anilines is 1. The Labute approximate surface area is 163 Å². The summed E-state index contributed by atoms with van der Waals surface area (Å²) in [4.78, 5) is 4.30. The van der Waals surface area contributed by atoms with Crippen LogP contribution in [0.1, 0.15) is 6.99 Å². The molecule has 0 radical (unpaired) electrons. The Morgan fingerprint density at radius 2 is 1.93 bits per heavy atom. The van der Waals surface area contributed by atoms with Crippen LogP contribution in [0.2, 0.25) is 0 Å². The van der Waals surface area contributed by atoms with E-state index in [1.807, 2.05) is 13.1 Å². The quantitative estimate of drug-likeness (QED) is 0.552. The standard InChI is InChI=1S/C18H18N6O3S.H2/c1-12-8-21-24(11-12)16-7-5-14(10-19-16)22-28(25,26)18-15(27-3)6-4-13-9-20-23(2)17(13)18;/h4-11,22H,1-3H3;1H. The minimum atomic E-state index is -3.95. The molecule has 0 unspecified atom stereocenters. The number of hydrogen-bond donors (Lipinski definition) is 1. The summed E-state index contributed by atoms with van der Waals surface area (Å²) in [6.45, 7) is 1.93. The number of aryl methyl sites for hydroxylation is 2. The molecule has 0 aliphatic heterocycles. The second-order valence-corrected chi connectivity index (χ2v) is 7.90. The van der Waals surface area contributed by atoms with Crippen molar-refractivity contribution in [3.05, 3.63) is 54.6 Å². The van der Waals surface area contributed by atoms with Gasteiger partial charge in [-0.2, -0.15) is 10.2 Å². The Morgan fingerprint density at radius 1 is 1.11 bits per heavy atom. The maximum Gasteiger partial charge on any atom is 0.267 e. The Morgan fingerprint density at radius 3 is 2.57 bits per heavy atom. The number of nitrogens with zero attached hydrogens (tertiary/aromatic N) is 5. The van der Waals surface area contributed by atoms with Gasteiger partial charge in [0.1, 0.15) is 5.75 Å². The van der Waals surface area contributed by atoms with Crippen LogP contribution in [0.5, 0.6) is 5.75 Å². The molecule has 0 aliphatic carbocycles. The lowest BCUT2D eigenvalue weighted by atomic mass is 10.2. The third-order valence-corrected chi connectivity index (χ3v) is 5.69. The van der Waals surface area contributed by atoms with Gasteiger partial charge in [-0.05, 0) is 36.8 Å². The second kappa shape index (κ2) is 6.64. The fourth-order valence-corrected chi connectivity index (χ4v) is 4.41. The number of methoxy groups -OCH3 is 1. The highest BCUT2D eigenvalue weighted by molar-refractivity contribution is 7.93. The lowest BCUT2D eigenvalue weighted by molar-refractivity contribution is 0.403. The molecule has 0 bridgehead atoms. The maximum atomic E-state index is 13.1. The average molecular weight is 400 g/mol. The van der Waals surface area contributed by atoms with Crippen molar-refractivity contribution in [2.75, 3.05) is 11.8 Å². The van der Waals surface area contributed by atoms with E-state index in [1.165, 1.54) is 18.0 Å². The first-order valence-corrected chi connectivity index (χ1v) is 9.86. The van der Waals surface area contributed by atoms with E-state index in [2.05, 4.69) is 19.9 Å². The first-order valence-electron chi connectivity index (χ1n) is 8.38. The molecule has 0 amide bonds. The monoisotopic (exact) mass is 400 g/mol. The van der Waals surface area contributed by atoms with Crippen molar-refractivity contribution < 1.29 is 14.6 Å². The summed E-state index contributed by atoms with van der Waals surface area (Å²) in [6, 6.07) is 6.70. The second-order valence-electron chi connectivity index (χ2n) is 6.28. The number of benzene rings is 1. The van der Waals surface area contributed by atoms with Crippen LogP contribution in [0.15, 0.2) is 53.9 Å². The summed E-state index contributed by atoms with van der Waals surface area (Å²) in [5, 5.41) is 9.03. The fourth-order valence-electron chi connectivity index (χ4n) is 2.96. The zero-order chi connectivity index (χ0) is 19.9. The van der Waals surface area contributed by atoms with Crippen LogP contribution >= 0.6 is 0 Å². The fraction of sp³-hybridized carbons (Fsp3) is 0.167. The van der Waals surface area contributed by atoms with Crippen molar-refractivity contribution >= 4 is 26.6 Å². The third-order valence-electron chi connectivity index (χ3n) is 4.26. The van der Waals surface area contributed by atoms with Crippen LogP contribution in [0, 0.1) is 6.92 Å². The van der Waals surface area contributed by atoms with E-state index < -0.39 is 10.0 Å². The molecule has 1 aromatic carbocycles. The molecule has 3 aromatic heterocycles. The Bertz CT molecular complexity index is 1260. The molecule has 4 aromatic rings. The number of pyridine rings is 1. The molecule has 0 saturated heterocycles. The molecule has 0 spiro atoms. The van der Waals surface area contributed by atoms with Gasteiger partial charge in [-0.15, -0.1) is 0 Å². The van der Waals surface area contributed by atoms with E-state index in [9.17, 15) is 8.42 Å². The van der Waals surface area contributed by atoms with Crippen LogP contribution in [0.25, 0.3) is 16.7 Å². The van der Waals surface area contributed by atoms with Crippen LogP contribution in [-0.4, -0.2) is 40.1 Å². The molecule has 3 heterocycles. The van der Waals surface area contributed by atoms with Gasteiger partial charge in [-0.1, -0.05) is 0 Å². The smallest absolute Gasteiger partial charge is 0.267 e. The molecule has 0 atom stereocenters. The molecule has 0 fully saturated rings. The van der Waals surface area contributed by atoms with E-state index >= 15 is 0 Å². The Balaban J connectivity index is 0.00000240. The summed E-state index contributed by atoms with van der Waals surface area (Å²) >= 11 is 0. The summed E-state index contributed by atoms with van der Waals surface area (Å²) in [5.41, 5.74) is 1.79. The summed E-state index contributed by atoms with van der Waals surface area (Å²) in [5.74, 6) is 0.822. The molecule has 28 heavy (non-hydrogen) atoms. The first kappa shape index (κ1) is 18.0. The van der Waals surface area contributed by atoms with Gasteiger partial charge in [0.15, 0.2) is 10.7 Å². The van der Waals surface area contributed by atoms with Crippen molar-refractivity contribution in [1.82, 2.24) is 24.5 Å². The predicted octanol–water partition coefficient (Wildman–Crippen LogP) is 2.52. The molecule has 10 heteroatoms. The van der Waals surface area contributed by atoms with E-state index in [-0.39, 0.29) is 12.1 Å². The predicted molar refractivity (Wildman–Crippen MR) is 106 cm³/mol. The molecule has 4 rings (SSSR count). The summed E-state index contributed by atoms with van der Waals surface area (Å²) < 4.78 is 37.2. The molecular formula is C18H20N6O3S. The first-order chi connectivity index (χ1) is 13.4. The van der Waals surface area contributed by atoms with Crippen molar-refractivity contribution in [1.29, 1.82) is 0 Å². The van der Waals surface area contributed by atoms with E-state index in [4.69, 9.17) is 4.74 Å². The van der Waals surface area contributed by atoms with Gasteiger partial charge in [0, 0.05) is 20.1 Å². The van der Waals surface area contributed by atoms with Gasteiger partial charge in [0.05, 0.1) is 36.9 Å². The molecule has 0 saturated carbocycles. The molecule has 9 nitrogen and oxygen atoms in total. The molecule has 146 valence electrons. The van der Waals surface area contributed by atoms with Crippen molar-refractivity contribution in [3.63, 3.8) is 0 Å². The number of ether oxygens (including phenoxy) is 1. The van der Waals surface area contributed by atoms with Crippen molar-refractivity contribution in [2.24, 2.45) is 7.05 Å². The van der Waals surface area contributed by atoms with Gasteiger partial charge in [-0.3, -0.25) is 9.40 Å². The SMILES string of the molecule is COc1ccc2cnn(C)c2c1S(=O)(=O)Nc1ccc(-n2cc(C)cn2)nc1.[HH]. The molecule has 0 aliphatic rings. The van der Waals surface area contributed by atoms with Crippen LogP contribution in [-0.2, 0) is 17.1 Å². The minimum Gasteiger partial charge on any atom is -0.495 e. The van der Waals surface area contributed by atoms with Gasteiger partial charge in [-0.25, -0.2) is 18.1 Å². The largest absolute Gasteiger partial charge is 0.495 e. The van der Waals surface area contributed by atoms with Crippen molar-refractivity contribution in [3.8, 4) is 11.6 Å². The zero-order valence-corrected chi connectivity index (χ0v) is 16.3. The van der Waals surface area contributed by atoms with Crippen LogP contribution in [0.4, 0.5) is 5.69 Å². The van der Waals surface area contributed by atoms with Gasteiger partial charge < -0.3 is 4.74 Å². The number of sulfonamides is 1. The highest BCUT2D eigenvalue weighted by Gasteiger charge is 2.25. The number of rotatable bonds is 5. The zero-order valence-electron chi connectivity index (χ0n) is 15.5. The average Bonchev–Trinajstić information content (AvgIpc) is 3.27. The number of nitrogens with one attached hydrogen (secondary N) is 1. The van der Waals surface area contributed by atoms with Gasteiger partial charge in [0.25, 0.3) is 10.0 Å². The van der Waals surface area contributed by atoms with Crippen molar-refractivity contribution in [2.45, 2.75) is 11.8 Å². The van der Waals surface area contributed by atoms with Crippen LogP contribution < -0.4 is 9.46 Å². The summed E-state index contributed by atoms with van der Waals surface area (Å²) in [6.07, 6.45) is 6.61. The van der Waals surface area contributed by atoms with E-state index in [0.29, 0.717) is 22.4 Å². The molecule has 1 N–H and O–H groups in total. The summed E-state index contributed by atoms with van der Waals surface area (Å²) in [7, 11) is -0.833. The Hall–Kier alpha value is -3.40. The highest BCUT2D eigenvalue weighted by atomic mass is 32.2. The lowest BCUT2D eigenvalue weighted by Gasteiger charge is -2.13. The third kappa shape index (κ3) is 3.07. The number of aromatic nitrogens is 5. The van der Waals surface area contributed by atoms with E-state index in [0.717, 1.165) is 5.56 Å². The normalized spacial score (nSPS) is 11.7. The highest BCUT2D eigenvalue weighted by Crippen LogP contribution is 2.33. The Kier molecular flexibility index (Phi) is 4.27.